The van der Waals surface area contributed by atoms with E-state index in [1.807, 2.05) is 0 Å². The molecule has 15 heavy (non-hydrogen) atoms. The van der Waals surface area contributed by atoms with Crippen molar-refractivity contribution in [3.05, 3.63) is 0 Å². The molecule has 0 aromatic rings. The van der Waals surface area contributed by atoms with Gasteiger partial charge in [-0.1, -0.05) is 19.8 Å². The topological polar surface area (TPSA) is 12.0 Å². The molecule has 0 bridgehead atoms. The summed E-state index contributed by atoms with van der Waals surface area (Å²) in [7, 11) is 2.10. The second-order valence-electron chi connectivity index (χ2n) is 5.84. The molecule has 2 fully saturated rings. The number of rotatable bonds is 3. The van der Waals surface area contributed by atoms with Crippen LogP contribution >= 0.6 is 0 Å². The van der Waals surface area contributed by atoms with Gasteiger partial charge >= 0.3 is 0 Å². The maximum Gasteiger partial charge on any atom is -0.00234 e. The van der Waals surface area contributed by atoms with Gasteiger partial charge in [-0.15, -0.1) is 0 Å². The summed E-state index contributed by atoms with van der Waals surface area (Å²) in [5.74, 6) is 4.22. The fraction of sp³-hybridized carbons (Fsp3) is 1.00. The number of hydrogen-bond donors (Lipinski definition) is 1. The van der Waals surface area contributed by atoms with Crippen molar-refractivity contribution in [1.29, 1.82) is 0 Å². The minimum absolute atomic E-state index is 0.981. The first-order chi connectivity index (χ1) is 7.33. The van der Waals surface area contributed by atoms with Gasteiger partial charge in [0.15, 0.2) is 0 Å². The molecule has 2 aliphatic carbocycles. The van der Waals surface area contributed by atoms with Gasteiger partial charge in [0.2, 0.25) is 0 Å². The van der Waals surface area contributed by atoms with Gasteiger partial charge in [-0.05, 0) is 69.4 Å². The Balaban J connectivity index is 1.83. The lowest BCUT2D eigenvalue weighted by Gasteiger charge is -2.42. The Bertz CT molecular complexity index is 190. The van der Waals surface area contributed by atoms with Gasteiger partial charge in [-0.2, -0.15) is 0 Å². The molecule has 0 heterocycles. The predicted molar refractivity (Wildman–Crippen MR) is 65.9 cm³/mol. The Hall–Kier alpha value is -0.0400. The molecule has 4 atom stereocenters. The lowest BCUT2D eigenvalue weighted by Crippen LogP contribution is -2.34. The third-order valence-electron chi connectivity index (χ3n) is 4.90. The number of fused-ring (bicyclic) bond motifs is 1. The van der Waals surface area contributed by atoms with E-state index < -0.39 is 0 Å². The van der Waals surface area contributed by atoms with E-state index in [2.05, 4.69) is 19.3 Å². The Morgan fingerprint density at radius 1 is 0.933 bits per heavy atom. The normalized spacial score (nSPS) is 41.2. The summed E-state index contributed by atoms with van der Waals surface area (Å²) in [6.45, 7) is 3.62. The molecule has 1 heteroatoms. The van der Waals surface area contributed by atoms with Crippen molar-refractivity contribution in [1.82, 2.24) is 5.32 Å². The molecule has 0 radical (unpaired) electrons. The molecule has 0 aromatic heterocycles. The van der Waals surface area contributed by atoms with Crippen LogP contribution in [0.1, 0.15) is 51.9 Å². The highest BCUT2D eigenvalue weighted by atomic mass is 14.8. The zero-order valence-electron chi connectivity index (χ0n) is 10.5. The summed E-state index contributed by atoms with van der Waals surface area (Å²) in [4.78, 5) is 0. The zero-order valence-corrected chi connectivity index (χ0v) is 10.5. The van der Waals surface area contributed by atoms with Gasteiger partial charge < -0.3 is 5.32 Å². The van der Waals surface area contributed by atoms with E-state index in [4.69, 9.17) is 0 Å². The van der Waals surface area contributed by atoms with Crippen LogP contribution in [0, 0.1) is 23.7 Å². The molecule has 0 spiro atoms. The standard InChI is InChI=1S/C14H27N/c1-3-11-4-6-14-9-12(10-15-2)5-7-13(14)8-11/h11-15H,3-10H2,1-2H3. The van der Waals surface area contributed by atoms with Gasteiger partial charge in [-0.25, -0.2) is 0 Å². The quantitative estimate of drug-likeness (QED) is 0.750. The van der Waals surface area contributed by atoms with Gasteiger partial charge in [0.25, 0.3) is 0 Å². The SMILES string of the molecule is CCC1CCC2CC(CNC)CCC2C1. The molecule has 0 aromatic carbocycles. The predicted octanol–water partition coefficient (Wildman–Crippen LogP) is 3.45. The minimum Gasteiger partial charge on any atom is -0.319 e. The highest BCUT2D eigenvalue weighted by Gasteiger charge is 2.34. The molecule has 2 rings (SSSR count). The van der Waals surface area contributed by atoms with E-state index in [0.29, 0.717) is 0 Å². The lowest BCUT2D eigenvalue weighted by atomic mass is 9.64. The average molecular weight is 209 g/mol. The minimum atomic E-state index is 0.981. The van der Waals surface area contributed by atoms with Crippen molar-refractivity contribution >= 4 is 0 Å². The maximum atomic E-state index is 3.35. The van der Waals surface area contributed by atoms with E-state index in [1.54, 1.807) is 6.42 Å². The molecule has 88 valence electrons. The summed E-state index contributed by atoms with van der Waals surface area (Å²) < 4.78 is 0. The molecule has 1 N–H and O–H groups in total. The summed E-state index contributed by atoms with van der Waals surface area (Å²) in [6.07, 6.45) is 10.5. The molecule has 0 aliphatic heterocycles. The first-order valence-electron chi connectivity index (χ1n) is 6.98. The lowest BCUT2D eigenvalue weighted by molar-refractivity contribution is 0.0971. The Morgan fingerprint density at radius 3 is 2.13 bits per heavy atom. The van der Waals surface area contributed by atoms with Crippen LogP contribution in [0.25, 0.3) is 0 Å². The van der Waals surface area contributed by atoms with Crippen molar-refractivity contribution < 1.29 is 0 Å². The summed E-state index contributed by atoms with van der Waals surface area (Å²) in [5.41, 5.74) is 0. The summed E-state index contributed by atoms with van der Waals surface area (Å²) >= 11 is 0. The molecule has 2 saturated carbocycles. The van der Waals surface area contributed by atoms with Crippen LogP contribution in [0.3, 0.4) is 0 Å². The average Bonchev–Trinajstić information content (AvgIpc) is 2.29. The third kappa shape index (κ3) is 2.75. The number of nitrogens with one attached hydrogen (secondary N) is 1. The van der Waals surface area contributed by atoms with Gasteiger partial charge in [-0.3, -0.25) is 0 Å². The van der Waals surface area contributed by atoms with E-state index >= 15 is 0 Å². The van der Waals surface area contributed by atoms with Crippen LogP contribution in [0.2, 0.25) is 0 Å². The van der Waals surface area contributed by atoms with Crippen molar-refractivity contribution in [3.8, 4) is 0 Å². The van der Waals surface area contributed by atoms with Crippen LogP contribution in [0.5, 0.6) is 0 Å². The highest BCUT2D eigenvalue weighted by Crippen LogP contribution is 2.45. The van der Waals surface area contributed by atoms with E-state index in [9.17, 15) is 0 Å². The molecule has 2 aliphatic rings. The van der Waals surface area contributed by atoms with Crippen LogP contribution in [-0.2, 0) is 0 Å². The molecule has 1 nitrogen and oxygen atoms in total. The molecular formula is C14H27N. The van der Waals surface area contributed by atoms with Crippen LogP contribution in [-0.4, -0.2) is 13.6 Å². The third-order valence-corrected chi connectivity index (χ3v) is 4.90. The molecular weight excluding hydrogens is 182 g/mol. The monoisotopic (exact) mass is 209 g/mol. The van der Waals surface area contributed by atoms with Crippen LogP contribution < -0.4 is 5.32 Å². The van der Waals surface area contributed by atoms with Gasteiger partial charge in [0.1, 0.15) is 0 Å². The second kappa shape index (κ2) is 5.34. The fourth-order valence-electron chi connectivity index (χ4n) is 3.93. The van der Waals surface area contributed by atoms with E-state index in [1.165, 1.54) is 45.1 Å². The maximum absolute atomic E-state index is 3.35. The zero-order chi connectivity index (χ0) is 10.7. The Morgan fingerprint density at radius 2 is 1.53 bits per heavy atom. The fourth-order valence-corrected chi connectivity index (χ4v) is 3.93. The molecule has 0 saturated heterocycles. The van der Waals surface area contributed by atoms with Gasteiger partial charge in [0.05, 0.1) is 0 Å². The van der Waals surface area contributed by atoms with Gasteiger partial charge in [0, 0.05) is 0 Å². The summed E-state index contributed by atoms with van der Waals surface area (Å²) in [5, 5.41) is 3.35. The van der Waals surface area contributed by atoms with Crippen molar-refractivity contribution in [2.45, 2.75) is 51.9 Å². The van der Waals surface area contributed by atoms with Crippen LogP contribution in [0.4, 0.5) is 0 Å². The van der Waals surface area contributed by atoms with E-state index in [-0.39, 0.29) is 0 Å². The first kappa shape index (κ1) is 11.4. The van der Waals surface area contributed by atoms with E-state index in [0.717, 1.165) is 23.7 Å². The highest BCUT2D eigenvalue weighted by molar-refractivity contribution is 4.86. The summed E-state index contributed by atoms with van der Waals surface area (Å²) in [6, 6.07) is 0. The molecule has 0 amide bonds. The number of hydrogen-bond acceptors (Lipinski definition) is 1. The van der Waals surface area contributed by atoms with Crippen LogP contribution in [0.15, 0.2) is 0 Å². The Labute approximate surface area is 95.0 Å². The van der Waals surface area contributed by atoms with Crippen molar-refractivity contribution in [2.75, 3.05) is 13.6 Å². The van der Waals surface area contributed by atoms with Crippen molar-refractivity contribution in [3.63, 3.8) is 0 Å². The second-order valence-corrected chi connectivity index (χ2v) is 5.84. The first-order valence-corrected chi connectivity index (χ1v) is 6.98. The largest absolute Gasteiger partial charge is 0.319 e. The van der Waals surface area contributed by atoms with Crippen molar-refractivity contribution in [2.24, 2.45) is 23.7 Å². The smallest absolute Gasteiger partial charge is 0.00234 e. The molecule has 4 unspecified atom stereocenters. The Kier molecular flexibility index (Phi) is 4.07.